The van der Waals surface area contributed by atoms with E-state index in [0.717, 1.165) is 11.0 Å². The summed E-state index contributed by atoms with van der Waals surface area (Å²) in [4.78, 5) is 6.93. The first-order valence-electron chi connectivity index (χ1n) is 3.05. The van der Waals surface area contributed by atoms with Gasteiger partial charge in [0.05, 0.1) is 16.9 Å². The molecule has 0 amide bonds. The van der Waals surface area contributed by atoms with Crippen LogP contribution in [0.5, 0.6) is 0 Å². The summed E-state index contributed by atoms with van der Waals surface area (Å²) in [6.45, 7) is 0. The lowest BCUT2D eigenvalue weighted by molar-refractivity contribution is 1.34. The van der Waals surface area contributed by atoms with Crippen LogP contribution in [0.1, 0.15) is 0 Å². The molecular formula is C7H4Cl2N2. The molecule has 11 heavy (non-hydrogen) atoms. The minimum atomic E-state index is 0.578. The molecule has 1 aromatic heterocycles. The van der Waals surface area contributed by atoms with Gasteiger partial charge in [-0.1, -0.05) is 23.2 Å². The van der Waals surface area contributed by atoms with Gasteiger partial charge in [0.2, 0.25) is 0 Å². The van der Waals surface area contributed by atoms with Gasteiger partial charge in [0.15, 0.2) is 0 Å². The molecule has 0 radical (unpaired) electrons. The molecule has 0 unspecified atom stereocenters. The average molecular weight is 187 g/mol. The van der Waals surface area contributed by atoms with Crippen LogP contribution in [0.15, 0.2) is 18.5 Å². The van der Waals surface area contributed by atoms with Crippen LogP contribution in [0.25, 0.3) is 11.0 Å². The van der Waals surface area contributed by atoms with Gasteiger partial charge in [-0.2, -0.15) is 0 Å². The number of imidazole rings is 1. The quantitative estimate of drug-likeness (QED) is 0.674. The Hall–Kier alpha value is -0.730. The second-order valence-electron chi connectivity index (χ2n) is 2.19. The first-order valence-corrected chi connectivity index (χ1v) is 3.81. The third-order valence-corrected chi connectivity index (χ3v) is 1.95. The van der Waals surface area contributed by atoms with Crippen molar-refractivity contribution in [1.82, 2.24) is 9.97 Å². The SMILES string of the molecule is Clc1cc(Cl)c2nc[nH]c2c1. The third-order valence-electron chi connectivity index (χ3n) is 1.44. The molecule has 1 heterocycles. The topological polar surface area (TPSA) is 28.7 Å². The maximum Gasteiger partial charge on any atom is 0.107 e. The van der Waals surface area contributed by atoms with E-state index in [1.165, 1.54) is 0 Å². The van der Waals surface area contributed by atoms with Gasteiger partial charge in [0.25, 0.3) is 0 Å². The van der Waals surface area contributed by atoms with E-state index in [1.807, 2.05) is 0 Å². The van der Waals surface area contributed by atoms with Crippen LogP contribution in [0.3, 0.4) is 0 Å². The highest BCUT2D eigenvalue weighted by molar-refractivity contribution is 6.38. The predicted molar refractivity (Wildman–Crippen MR) is 46.1 cm³/mol. The number of hydrogen-bond donors (Lipinski definition) is 1. The van der Waals surface area contributed by atoms with Crippen molar-refractivity contribution in [3.05, 3.63) is 28.5 Å². The monoisotopic (exact) mass is 186 g/mol. The second-order valence-corrected chi connectivity index (χ2v) is 3.03. The molecule has 2 rings (SSSR count). The minimum Gasteiger partial charge on any atom is -0.345 e. The molecule has 0 aliphatic rings. The van der Waals surface area contributed by atoms with E-state index in [0.29, 0.717) is 10.0 Å². The van der Waals surface area contributed by atoms with Crippen molar-refractivity contribution in [3.63, 3.8) is 0 Å². The van der Waals surface area contributed by atoms with Crippen molar-refractivity contribution in [3.8, 4) is 0 Å². The Labute approximate surface area is 73.1 Å². The van der Waals surface area contributed by atoms with E-state index in [4.69, 9.17) is 23.2 Å². The Morgan fingerprint density at radius 3 is 2.91 bits per heavy atom. The van der Waals surface area contributed by atoms with E-state index in [2.05, 4.69) is 9.97 Å². The Morgan fingerprint density at radius 2 is 2.09 bits per heavy atom. The molecule has 2 nitrogen and oxygen atoms in total. The lowest BCUT2D eigenvalue weighted by Gasteiger charge is -1.92. The van der Waals surface area contributed by atoms with E-state index < -0.39 is 0 Å². The maximum atomic E-state index is 5.84. The van der Waals surface area contributed by atoms with Crippen LogP contribution in [0, 0.1) is 0 Å². The van der Waals surface area contributed by atoms with E-state index in [1.54, 1.807) is 18.5 Å². The maximum absolute atomic E-state index is 5.84. The molecule has 4 heteroatoms. The number of H-pyrrole nitrogens is 1. The second kappa shape index (κ2) is 2.40. The lowest BCUT2D eigenvalue weighted by atomic mass is 10.3. The van der Waals surface area contributed by atoms with Gasteiger partial charge in [-0.05, 0) is 12.1 Å². The number of rotatable bonds is 0. The van der Waals surface area contributed by atoms with Gasteiger partial charge in [0.1, 0.15) is 5.52 Å². The predicted octanol–water partition coefficient (Wildman–Crippen LogP) is 2.87. The fraction of sp³-hybridized carbons (Fsp3) is 0. The standard InChI is InChI=1S/C7H4Cl2N2/c8-4-1-5(9)7-6(2-4)10-3-11-7/h1-3H,(H,10,11). The van der Waals surface area contributed by atoms with E-state index >= 15 is 0 Å². The number of benzene rings is 1. The highest BCUT2D eigenvalue weighted by atomic mass is 35.5. The highest BCUT2D eigenvalue weighted by Crippen LogP contribution is 2.24. The van der Waals surface area contributed by atoms with Crippen LogP contribution in [-0.4, -0.2) is 9.97 Å². The third kappa shape index (κ3) is 1.08. The zero-order valence-corrected chi connectivity index (χ0v) is 6.95. The van der Waals surface area contributed by atoms with Crippen LogP contribution in [0.4, 0.5) is 0 Å². The average Bonchev–Trinajstić information content (AvgIpc) is 2.34. The van der Waals surface area contributed by atoms with Gasteiger partial charge >= 0.3 is 0 Å². The summed E-state index contributed by atoms with van der Waals surface area (Å²) < 4.78 is 0. The van der Waals surface area contributed by atoms with Crippen LogP contribution < -0.4 is 0 Å². The Morgan fingerprint density at radius 1 is 1.27 bits per heavy atom. The van der Waals surface area contributed by atoms with Gasteiger partial charge < -0.3 is 4.98 Å². The van der Waals surface area contributed by atoms with Crippen molar-refractivity contribution in [2.75, 3.05) is 0 Å². The zero-order valence-electron chi connectivity index (χ0n) is 5.44. The number of fused-ring (bicyclic) bond motifs is 1. The molecule has 1 aromatic carbocycles. The number of nitrogens with zero attached hydrogens (tertiary/aromatic N) is 1. The molecule has 0 bridgehead atoms. The van der Waals surface area contributed by atoms with Gasteiger partial charge in [0, 0.05) is 5.02 Å². The molecule has 0 saturated heterocycles. The summed E-state index contributed by atoms with van der Waals surface area (Å²) in [5.41, 5.74) is 1.62. The van der Waals surface area contributed by atoms with Crippen molar-refractivity contribution in [2.45, 2.75) is 0 Å². The summed E-state index contributed by atoms with van der Waals surface area (Å²) in [7, 11) is 0. The van der Waals surface area contributed by atoms with Crippen LogP contribution in [0.2, 0.25) is 10.0 Å². The summed E-state index contributed by atoms with van der Waals surface area (Å²) in [6.07, 6.45) is 1.59. The van der Waals surface area contributed by atoms with E-state index in [-0.39, 0.29) is 0 Å². The van der Waals surface area contributed by atoms with Gasteiger partial charge in [-0.3, -0.25) is 0 Å². The lowest BCUT2D eigenvalue weighted by Crippen LogP contribution is -1.71. The molecule has 2 aromatic rings. The molecule has 0 aliphatic carbocycles. The smallest absolute Gasteiger partial charge is 0.107 e. The minimum absolute atomic E-state index is 0.578. The zero-order chi connectivity index (χ0) is 7.84. The number of nitrogens with one attached hydrogen (secondary N) is 1. The van der Waals surface area contributed by atoms with Crippen LogP contribution in [-0.2, 0) is 0 Å². The molecule has 0 saturated carbocycles. The van der Waals surface area contributed by atoms with Crippen LogP contribution >= 0.6 is 23.2 Å². The molecular weight excluding hydrogens is 183 g/mol. The number of aromatic nitrogens is 2. The number of halogens is 2. The van der Waals surface area contributed by atoms with Crippen molar-refractivity contribution in [1.29, 1.82) is 0 Å². The van der Waals surface area contributed by atoms with Gasteiger partial charge in [-0.15, -0.1) is 0 Å². The molecule has 1 N–H and O–H groups in total. The molecule has 56 valence electrons. The molecule has 0 spiro atoms. The first kappa shape index (κ1) is 6.95. The summed E-state index contributed by atoms with van der Waals surface area (Å²) >= 11 is 11.6. The Kier molecular flexibility index (Phi) is 1.51. The molecule has 0 aliphatic heterocycles. The Bertz CT molecular complexity index is 394. The van der Waals surface area contributed by atoms with Crippen molar-refractivity contribution >= 4 is 34.2 Å². The fourth-order valence-corrected chi connectivity index (χ4v) is 1.52. The summed E-state index contributed by atoms with van der Waals surface area (Å²) in [6, 6.07) is 3.46. The first-order chi connectivity index (χ1) is 5.27. The summed E-state index contributed by atoms with van der Waals surface area (Å²) in [5, 5.41) is 1.19. The summed E-state index contributed by atoms with van der Waals surface area (Å²) in [5.74, 6) is 0. The highest BCUT2D eigenvalue weighted by Gasteiger charge is 2.01. The fourth-order valence-electron chi connectivity index (χ4n) is 0.974. The Balaban J connectivity index is 2.91. The van der Waals surface area contributed by atoms with Gasteiger partial charge in [-0.25, -0.2) is 4.98 Å². The number of aromatic amines is 1. The number of hydrogen-bond acceptors (Lipinski definition) is 1. The molecule has 0 fully saturated rings. The largest absolute Gasteiger partial charge is 0.345 e. The molecule has 0 atom stereocenters. The van der Waals surface area contributed by atoms with Crippen molar-refractivity contribution in [2.24, 2.45) is 0 Å². The normalized spacial score (nSPS) is 10.7. The van der Waals surface area contributed by atoms with Crippen molar-refractivity contribution < 1.29 is 0 Å². The van der Waals surface area contributed by atoms with E-state index in [9.17, 15) is 0 Å².